The first-order valence-corrected chi connectivity index (χ1v) is 8.60. The number of hydrogen-bond donors (Lipinski definition) is 2. The second kappa shape index (κ2) is 11.1. The molecule has 2 N–H and O–H groups in total. The van der Waals surface area contributed by atoms with E-state index in [1.165, 1.54) is 11.3 Å². The van der Waals surface area contributed by atoms with Crippen molar-refractivity contribution in [3.05, 3.63) is 35.4 Å². The maximum absolute atomic E-state index is 4.63. The molecule has 0 saturated carbocycles. The quantitative estimate of drug-likeness (QED) is 0.274. The Hall–Kier alpha value is -1.58. The molecule has 0 bridgehead atoms. The molecule has 25 heavy (non-hydrogen) atoms. The van der Waals surface area contributed by atoms with Gasteiger partial charge in [0.15, 0.2) is 5.96 Å². The summed E-state index contributed by atoms with van der Waals surface area (Å²) in [5, 5.41) is 15.4. The lowest BCUT2D eigenvalue weighted by Crippen LogP contribution is -2.38. The Morgan fingerprint density at radius 3 is 2.68 bits per heavy atom. The van der Waals surface area contributed by atoms with Crippen LogP contribution in [0.1, 0.15) is 30.3 Å². The zero-order chi connectivity index (χ0) is 17.4. The average molecular weight is 459 g/mol. The van der Waals surface area contributed by atoms with Gasteiger partial charge in [0.05, 0.1) is 5.69 Å². The number of halogens is 1. The Morgan fingerprint density at radius 1 is 1.28 bits per heavy atom. The number of rotatable bonds is 8. The van der Waals surface area contributed by atoms with Crippen molar-refractivity contribution < 1.29 is 0 Å². The van der Waals surface area contributed by atoms with Gasteiger partial charge in [-0.05, 0) is 45.2 Å². The van der Waals surface area contributed by atoms with Crippen molar-refractivity contribution in [2.75, 3.05) is 19.6 Å². The zero-order valence-corrected chi connectivity index (χ0v) is 17.9. The molecule has 0 aliphatic heterocycles. The highest BCUT2D eigenvalue weighted by atomic mass is 127. The van der Waals surface area contributed by atoms with Crippen molar-refractivity contribution in [2.45, 2.75) is 40.2 Å². The molecule has 0 aromatic carbocycles. The summed E-state index contributed by atoms with van der Waals surface area (Å²) in [5.41, 5.74) is 3.66. The van der Waals surface area contributed by atoms with E-state index in [-0.39, 0.29) is 24.0 Å². The minimum atomic E-state index is 0. The topological polar surface area (TPSA) is 72.1 Å². The van der Waals surface area contributed by atoms with E-state index in [1.54, 1.807) is 6.20 Å². The van der Waals surface area contributed by atoms with Crippen molar-refractivity contribution in [1.29, 1.82) is 0 Å². The van der Waals surface area contributed by atoms with Crippen molar-refractivity contribution in [2.24, 2.45) is 12.0 Å². The second-order valence-electron chi connectivity index (χ2n) is 5.83. The molecule has 0 radical (unpaired) electrons. The first kappa shape index (κ1) is 21.5. The standard InChI is InChI=1S/C17H29N7.HI/c1-5-18-17(19-9-6-12-24-13-7-10-21-24)20-11-8-16-14(2)22-23(4)15(16)3;/h7,10,13H,5-6,8-9,11-12H2,1-4H3,(H2,18,19,20);1H. The summed E-state index contributed by atoms with van der Waals surface area (Å²) < 4.78 is 3.88. The van der Waals surface area contributed by atoms with Crippen LogP contribution in [0.3, 0.4) is 0 Å². The monoisotopic (exact) mass is 459 g/mol. The smallest absolute Gasteiger partial charge is 0.191 e. The number of aromatic nitrogens is 4. The van der Waals surface area contributed by atoms with E-state index in [2.05, 4.69) is 46.6 Å². The molecule has 0 saturated heterocycles. The van der Waals surface area contributed by atoms with E-state index in [1.807, 2.05) is 28.7 Å². The van der Waals surface area contributed by atoms with Gasteiger partial charge in [-0.2, -0.15) is 10.2 Å². The molecule has 0 unspecified atom stereocenters. The Labute approximate surface area is 167 Å². The van der Waals surface area contributed by atoms with Crippen LogP contribution in [-0.4, -0.2) is 45.2 Å². The highest BCUT2D eigenvalue weighted by Crippen LogP contribution is 2.11. The fourth-order valence-electron chi connectivity index (χ4n) is 2.68. The number of hydrogen-bond acceptors (Lipinski definition) is 3. The van der Waals surface area contributed by atoms with Crippen molar-refractivity contribution in [3.63, 3.8) is 0 Å². The van der Waals surface area contributed by atoms with Crippen molar-refractivity contribution in [3.8, 4) is 0 Å². The predicted molar refractivity (Wildman–Crippen MR) is 113 cm³/mol. The number of aliphatic imine (C=N–C) groups is 1. The first-order valence-electron chi connectivity index (χ1n) is 8.60. The van der Waals surface area contributed by atoms with Crippen LogP contribution < -0.4 is 10.6 Å². The molecular weight excluding hydrogens is 429 g/mol. The van der Waals surface area contributed by atoms with Gasteiger partial charge in [0.2, 0.25) is 0 Å². The Balaban J connectivity index is 0.00000312. The number of nitrogens with one attached hydrogen (secondary N) is 2. The average Bonchev–Trinajstić information content (AvgIpc) is 3.15. The Morgan fingerprint density at radius 2 is 2.08 bits per heavy atom. The summed E-state index contributed by atoms with van der Waals surface area (Å²) in [6.45, 7) is 9.63. The lowest BCUT2D eigenvalue weighted by Gasteiger charge is -2.11. The fraction of sp³-hybridized carbons (Fsp3) is 0.588. The van der Waals surface area contributed by atoms with Crippen LogP contribution in [-0.2, 0) is 20.0 Å². The molecule has 8 heteroatoms. The van der Waals surface area contributed by atoms with Crippen LogP contribution in [0.25, 0.3) is 0 Å². The maximum atomic E-state index is 4.63. The third-order valence-corrected chi connectivity index (χ3v) is 4.04. The highest BCUT2D eigenvalue weighted by molar-refractivity contribution is 14.0. The van der Waals surface area contributed by atoms with E-state index < -0.39 is 0 Å². The molecule has 0 amide bonds. The molecule has 0 atom stereocenters. The van der Waals surface area contributed by atoms with E-state index in [0.717, 1.165) is 50.7 Å². The fourth-order valence-corrected chi connectivity index (χ4v) is 2.68. The number of aryl methyl sites for hydroxylation is 3. The van der Waals surface area contributed by atoms with E-state index in [9.17, 15) is 0 Å². The molecule has 0 fully saturated rings. The summed E-state index contributed by atoms with van der Waals surface area (Å²) in [4.78, 5) is 4.63. The molecule has 2 rings (SSSR count). The number of nitrogens with zero attached hydrogens (tertiary/aromatic N) is 5. The molecule has 2 heterocycles. The molecule has 0 spiro atoms. The number of guanidine groups is 1. The minimum absolute atomic E-state index is 0. The highest BCUT2D eigenvalue weighted by Gasteiger charge is 2.08. The predicted octanol–water partition coefficient (Wildman–Crippen LogP) is 2.04. The molecule has 0 aliphatic carbocycles. The summed E-state index contributed by atoms with van der Waals surface area (Å²) in [6.07, 6.45) is 5.70. The third kappa shape index (κ3) is 6.68. The van der Waals surface area contributed by atoms with Gasteiger partial charge in [0, 0.05) is 51.3 Å². The normalized spacial score (nSPS) is 11.3. The Kier molecular flexibility index (Phi) is 9.54. The molecule has 2 aromatic rings. The van der Waals surface area contributed by atoms with E-state index in [0.29, 0.717) is 0 Å². The summed E-state index contributed by atoms with van der Waals surface area (Å²) >= 11 is 0. The molecule has 2 aromatic heterocycles. The summed E-state index contributed by atoms with van der Waals surface area (Å²) in [5.74, 6) is 0.872. The van der Waals surface area contributed by atoms with Crippen LogP contribution in [0, 0.1) is 13.8 Å². The van der Waals surface area contributed by atoms with Gasteiger partial charge in [-0.15, -0.1) is 24.0 Å². The first-order chi connectivity index (χ1) is 11.6. The third-order valence-electron chi connectivity index (χ3n) is 4.04. The molecule has 0 aliphatic rings. The summed E-state index contributed by atoms with van der Waals surface area (Å²) in [7, 11) is 1.99. The van der Waals surface area contributed by atoms with Gasteiger partial charge in [-0.1, -0.05) is 0 Å². The maximum Gasteiger partial charge on any atom is 0.191 e. The van der Waals surface area contributed by atoms with Crippen LogP contribution in [0.5, 0.6) is 0 Å². The molecule has 140 valence electrons. The van der Waals surface area contributed by atoms with Gasteiger partial charge in [-0.3, -0.25) is 14.4 Å². The van der Waals surface area contributed by atoms with Crippen molar-refractivity contribution in [1.82, 2.24) is 30.2 Å². The molecular formula is C17H30IN7. The lowest BCUT2D eigenvalue weighted by molar-refractivity contribution is 0.584. The van der Waals surface area contributed by atoms with Crippen molar-refractivity contribution >= 4 is 29.9 Å². The van der Waals surface area contributed by atoms with Crippen LogP contribution >= 0.6 is 24.0 Å². The van der Waals surface area contributed by atoms with Gasteiger partial charge >= 0.3 is 0 Å². The lowest BCUT2D eigenvalue weighted by atomic mass is 10.1. The molecule has 7 nitrogen and oxygen atoms in total. The second-order valence-corrected chi connectivity index (χ2v) is 5.83. The van der Waals surface area contributed by atoms with Gasteiger partial charge < -0.3 is 10.6 Å². The van der Waals surface area contributed by atoms with Crippen LogP contribution in [0.4, 0.5) is 0 Å². The van der Waals surface area contributed by atoms with E-state index >= 15 is 0 Å². The summed E-state index contributed by atoms with van der Waals surface area (Å²) in [6, 6.07) is 1.94. The largest absolute Gasteiger partial charge is 0.357 e. The SMILES string of the molecule is CCNC(=NCCCn1cccn1)NCCc1c(C)nn(C)c1C.I. The zero-order valence-electron chi connectivity index (χ0n) is 15.6. The Bertz CT molecular complexity index is 646. The van der Waals surface area contributed by atoms with Crippen LogP contribution in [0.2, 0.25) is 0 Å². The van der Waals surface area contributed by atoms with Gasteiger partial charge in [0.25, 0.3) is 0 Å². The van der Waals surface area contributed by atoms with E-state index in [4.69, 9.17) is 0 Å². The van der Waals surface area contributed by atoms with Gasteiger partial charge in [0.1, 0.15) is 0 Å². The minimum Gasteiger partial charge on any atom is -0.357 e. The van der Waals surface area contributed by atoms with Gasteiger partial charge in [-0.25, -0.2) is 0 Å². The van der Waals surface area contributed by atoms with Crippen LogP contribution in [0.15, 0.2) is 23.5 Å².